The highest BCUT2D eigenvalue weighted by molar-refractivity contribution is 7.15. The highest BCUT2D eigenvalue weighted by Crippen LogP contribution is 2.40. The normalized spacial score (nSPS) is 26.1. The minimum absolute atomic E-state index is 0.765. The summed E-state index contributed by atoms with van der Waals surface area (Å²) in [4.78, 5) is 8.42. The van der Waals surface area contributed by atoms with Crippen LogP contribution < -0.4 is 10.2 Å². The van der Waals surface area contributed by atoms with Gasteiger partial charge in [-0.05, 0) is 24.7 Å². The highest BCUT2D eigenvalue weighted by atomic mass is 32.1. The van der Waals surface area contributed by atoms with E-state index in [0.29, 0.717) is 0 Å². The summed E-state index contributed by atoms with van der Waals surface area (Å²) in [7, 11) is 1.73. The van der Waals surface area contributed by atoms with E-state index in [1.807, 2.05) is 17.5 Å². The number of nitrogens with one attached hydrogen (secondary N) is 1. The van der Waals surface area contributed by atoms with E-state index in [9.17, 15) is 0 Å². The van der Waals surface area contributed by atoms with Crippen LogP contribution in [0.4, 0.5) is 5.13 Å². The fourth-order valence-corrected chi connectivity index (χ4v) is 4.20. The molecule has 2 aliphatic rings. The van der Waals surface area contributed by atoms with Crippen molar-refractivity contribution in [2.75, 3.05) is 38.3 Å². The Morgan fingerprint density at radius 3 is 2.95 bits per heavy atom. The van der Waals surface area contributed by atoms with E-state index in [2.05, 4.69) is 15.2 Å². The maximum Gasteiger partial charge on any atom is 0.185 e. The second-order valence-electron chi connectivity index (χ2n) is 5.63. The zero-order valence-electron chi connectivity index (χ0n) is 11.6. The Balaban J connectivity index is 1.51. The molecule has 5 heteroatoms. The van der Waals surface area contributed by atoms with Crippen LogP contribution in [0.5, 0.6) is 0 Å². The molecular formula is C14H23N3OS. The summed E-state index contributed by atoms with van der Waals surface area (Å²) in [6.45, 7) is 5.03. The van der Waals surface area contributed by atoms with Crippen molar-refractivity contribution in [1.82, 2.24) is 10.3 Å². The van der Waals surface area contributed by atoms with Crippen molar-refractivity contribution < 1.29 is 4.74 Å². The van der Waals surface area contributed by atoms with E-state index in [4.69, 9.17) is 4.74 Å². The smallest absolute Gasteiger partial charge is 0.185 e. The quantitative estimate of drug-likeness (QED) is 0.811. The number of methoxy groups -OCH3 is 1. The van der Waals surface area contributed by atoms with Crippen LogP contribution in [0.1, 0.15) is 24.1 Å². The molecule has 0 radical (unpaired) electrons. The van der Waals surface area contributed by atoms with Crippen LogP contribution in [0.25, 0.3) is 0 Å². The summed E-state index contributed by atoms with van der Waals surface area (Å²) in [6, 6.07) is 0. The van der Waals surface area contributed by atoms with Crippen LogP contribution in [0.15, 0.2) is 6.20 Å². The van der Waals surface area contributed by atoms with Gasteiger partial charge >= 0.3 is 0 Å². The number of ether oxygens (including phenoxy) is 1. The molecule has 1 aliphatic carbocycles. The summed E-state index contributed by atoms with van der Waals surface area (Å²) in [5.41, 5.74) is 0. The van der Waals surface area contributed by atoms with Gasteiger partial charge in [-0.25, -0.2) is 4.98 Å². The van der Waals surface area contributed by atoms with Crippen LogP contribution in [0.2, 0.25) is 0 Å². The molecule has 1 N–H and O–H groups in total. The Morgan fingerprint density at radius 1 is 1.42 bits per heavy atom. The molecule has 1 saturated heterocycles. The van der Waals surface area contributed by atoms with Crippen molar-refractivity contribution in [1.29, 1.82) is 0 Å². The van der Waals surface area contributed by atoms with Gasteiger partial charge in [-0.15, -0.1) is 11.3 Å². The fourth-order valence-electron chi connectivity index (χ4n) is 3.30. The SMILES string of the molecule is COCCNCc1cnc(N2CC3CCCC3C2)s1. The summed E-state index contributed by atoms with van der Waals surface area (Å²) in [5, 5.41) is 4.59. The average Bonchev–Trinajstić information content (AvgIpc) is 3.08. The first-order chi connectivity index (χ1) is 9.36. The van der Waals surface area contributed by atoms with Crippen LogP contribution in [0, 0.1) is 11.8 Å². The Hall–Kier alpha value is -0.650. The molecule has 0 spiro atoms. The van der Waals surface area contributed by atoms with Gasteiger partial charge in [0.1, 0.15) is 0 Å². The first-order valence-corrected chi connectivity index (χ1v) is 8.08. The molecule has 3 rings (SSSR count). The minimum Gasteiger partial charge on any atom is -0.383 e. The molecule has 1 aromatic heterocycles. The molecule has 1 aliphatic heterocycles. The van der Waals surface area contributed by atoms with Crippen molar-refractivity contribution in [3.05, 3.63) is 11.1 Å². The summed E-state index contributed by atoms with van der Waals surface area (Å²) < 4.78 is 5.03. The zero-order chi connectivity index (χ0) is 13.1. The highest BCUT2D eigenvalue weighted by Gasteiger charge is 2.36. The van der Waals surface area contributed by atoms with Crippen molar-refractivity contribution in [3.63, 3.8) is 0 Å². The zero-order valence-corrected chi connectivity index (χ0v) is 12.4. The first kappa shape index (κ1) is 13.3. The Kier molecular flexibility index (Phi) is 4.35. The van der Waals surface area contributed by atoms with Gasteiger partial charge in [0.25, 0.3) is 0 Å². The van der Waals surface area contributed by atoms with Crippen LogP contribution in [0.3, 0.4) is 0 Å². The van der Waals surface area contributed by atoms with Gasteiger partial charge in [0.2, 0.25) is 0 Å². The number of anilines is 1. The number of thiazole rings is 1. The second-order valence-corrected chi connectivity index (χ2v) is 6.73. The van der Waals surface area contributed by atoms with Crippen molar-refractivity contribution in [2.24, 2.45) is 11.8 Å². The molecular weight excluding hydrogens is 258 g/mol. The molecule has 1 saturated carbocycles. The van der Waals surface area contributed by atoms with Crippen molar-refractivity contribution >= 4 is 16.5 Å². The number of nitrogens with zero attached hydrogens (tertiary/aromatic N) is 2. The van der Waals surface area contributed by atoms with Gasteiger partial charge in [0.15, 0.2) is 5.13 Å². The molecule has 0 amide bonds. The largest absolute Gasteiger partial charge is 0.383 e. The van der Waals surface area contributed by atoms with E-state index >= 15 is 0 Å². The van der Waals surface area contributed by atoms with E-state index in [-0.39, 0.29) is 0 Å². The van der Waals surface area contributed by atoms with E-state index in [0.717, 1.165) is 31.5 Å². The summed E-state index contributed by atoms with van der Waals surface area (Å²) >= 11 is 1.84. The Morgan fingerprint density at radius 2 is 2.21 bits per heavy atom. The first-order valence-electron chi connectivity index (χ1n) is 7.26. The lowest BCUT2D eigenvalue weighted by Gasteiger charge is -2.15. The van der Waals surface area contributed by atoms with Gasteiger partial charge in [0.05, 0.1) is 6.61 Å². The lowest BCUT2D eigenvalue weighted by Crippen LogP contribution is -2.20. The van der Waals surface area contributed by atoms with Crippen molar-refractivity contribution in [2.45, 2.75) is 25.8 Å². The molecule has 4 nitrogen and oxygen atoms in total. The number of hydrogen-bond donors (Lipinski definition) is 1. The monoisotopic (exact) mass is 281 g/mol. The van der Waals surface area contributed by atoms with E-state index in [1.54, 1.807) is 7.11 Å². The van der Waals surface area contributed by atoms with E-state index < -0.39 is 0 Å². The lowest BCUT2D eigenvalue weighted by atomic mass is 10.0. The Bertz CT molecular complexity index is 397. The minimum atomic E-state index is 0.765. The van der Waals surface area contributed by atoms with Gasteiger partial charge in [-0.2, -0.15) is 0 Å². The molecule has 2 atom stereocenters. The van der Waals surface area contributed by atoms with Crippen LogP contribution >= 0.6 is 11.3 Å². The van der Waals surface area contributed by atoms with Crippen LogP contribution in [-0.2, 0) is 11.3 Å². The van der Waals surface area contributed by atoms with Gasteiger partial charge < -0.3 is 15.0 Å². The van der Waals surface area contributed by atoms with Gasteiger partial charge in [0, 0.05) is 44.4 Å². The van der Waals surface area contributed by atoms with Gasteiger partial charge in [-0.3, -0.25) is 0 Å². The number of rotatable bonds is 6. The third kappa shape index (κ3) is 3.09. The maximum absolute atomic E-state index is 5.03. The number of fused-ring (bicyclic) bond motifs is 1. The van der Waals surface area contributed by atoms with Crippen molar-refractivity contribution in [3.8, 4) is 0 Å². The standard InChI is InChI=1S/C14H23N3OS/c1-18-6-5-15-7-13-8-16-14(19-13)17-9-11-3-2-4-12(11)10-17/h8,11-12,15H,2-7,9-10H2,1H3. The molecule has 1 aromatic rings. The van der Waals surface area contributed by atoms with E-state index in [1.165, 1.54) is 42.4 Å². The molecule has 106 valence electrons. The third-order valence-electron chi connectivity index (χ3n) is 4.32. The molecule has 0 bridgehead atoms. The average molecular weight is 281 g/mol. The molecule has 19 heavy (non-hydrogen) atoms. The third-order valence-corrected chi connectivity index (χ3v) is 5.38. The summed E-state index contributed by atoms with van der Waals surface area (Å²) in [6.07, 6.45) is 6.32. The predicted octanol–water partition coefficient (Wildman–Crippen LogP) is 2.12. The number of hydrogen-bond acceptors (Lipinski definition) is 5. The lowest BCUT2D eigenvalue weighted by molar-refractivity contribution is 0.199. The molecule has 2 unspecified atom stereocenters. The summed E-state index contributed by atoms with van der Waals surface area (Å²) in [5.74, 6) is 1.87. The molecule has 0 aromatic carbocycles. The predicted molar refractivity (Wildman–Crippen MR) is 78.7 cm³/mol. The number of aromatic nitrogens is 1. The van der Waals surface area contributed by atoms with Crippen LogP contribution in [-0.4, -0.2) is 38.3 Å². The second kappa shape index (κ2) is 6.20. The fraction of sp³-hybridized carbons (Fsp3) is 0.786. The van der Waals surface area contributed by atoms with Gasteiger partial charge in [-0.1, -0.05) is 6.42 Å². The molecule has 2 heterocycles. The molecule has 2 fully saturated rings. The topological polar surface area (TPSA) is 37.4 Å². The Labute approximate surface area is 119 Å². The maximum atomic E-state index is 5.03.